The molecule has 0 aliphatic heterocycles. The molecule has 0 atom stereocenters. The van der Waals surface area contributed by atoms with Gasteiger partial charge in [0.25, 0.3) is 0 Å². The van der Waals surface area contributed by atoms with Gasteiger partial charge in [0, 0.05) is 16.6 Å². The fourth-order valence-corrected chi connectivity index (χ4v) is 3.31. The lowest BCUT2D eigenvalue weighted by Crippen LogP contribution is -2.23. The first-order valence-corrected chi connectivity index (χ1v) is 8.69. The van der Waals surface area contributed by atoms with E-state index in [1.54, 1.807) is 30.3 Å². The molecule has 0 heterocycles. The van der Waals surface area contributed by atoms with E-state index in [-0.39, 0.29) is 11.4 Å². The zero-order valence-corrected chi connectivity index (χ0v) is 13.8. The van der Waals surface area contributed by atoms with E-state index < -0.39 is 10.0 Å². The number of halogens is 2. The smallest absolute Gasteiger partial charge is 0.207 e. The van der Waals surface area contributed by atoms with Crippen molar-refractivity contribution < 1.29 is 8.42 Å². The zero-order valence-electron chi connectivity index (χ0n) is 11.4. The minimum atomic E-state index is -3.55. The van der Waals surface area contributed by atoms with E-state index in [9.17, 15) is 8.42 Å². The maximum Gasteiger partial charge on any atom is 0.240 e. The molecule has 2 aromatic carbocycles. The Morgan fingerprint density at radius 1 is 1.05 bits per heavy atom. The number of aryl methyl sites for hydroxylation is 1. The summed E-state index contributed by atoms with van der Waals surface area (Å²) in [5.41, 5.74) is 1.77. The van der Waals surface area contributed by atoms with E-state index in [0.29, 0.717) is 15.6 Å². The molecule has 0 saturated carbocycles. The number of hydrogen-bond acceptors (Lipinski definition) is 2. The molecular formula is C15H15Cl2NO2S. The normalized spacial score (nSPS) is 11.6. The minimum Gasteiger partial charge on any atom is -0.207 e. The van der Waals surface area contributed by atoms with Crippen molar-refractivity contribution in [2.24, 2.45) is 0 Å². The number of sulfonamides is 1. The summed E-state index contributed by atoms with van der Waals surface area (Å²) >= 11 is 11.8. The number of nitrogens with one attached hydrogen (secondary N) is 1. The largest absolute Gasteiger partial charge is 0.240 e. The highest BCUT2D eigenvalue weighted by Gasteiger charge is 2.14. The van der Waals surface area contributed by atoms with Crippen molar-refractivity contribution in [3.05, 3.63) is 63.6 Å². The molecule has 0 spiro atoms. The third kappa shape index (κ3) is 4.20. The van der Waals surface area contributed by atoms with Crippen LogP contribution in [0.2, 0.25) is 10.0 Å². The van der Waals surface area contributed by atoms with Crippen LogP contribution < -0.4 is 4.72 Å². The first-order valence-electron chi connectivity index (χ1n) is 6.45. The summed E-state index contributed by atoms with van der Waals surface area (Å²) in [4.78, 5) is 0.241. The predicted octanol–water partition coefficient (Wildman–Crippen LogP) is 4.03. The Morgan fingerprint density at radius 3 is 2.29 bits per heavy atom. The summed E-state index contributed by atoms with van der Waals surface area (Å²) in [6.07, 6.45) is 0.869. The van der Waals surface area contributed by atoms with Gasteiger partial charge in [-0.25, -0.2) is 13.1 Å². The molecule has 0 aliphatic carbocycles. The molecule has 0 bridgehead atoms. The van der Waals surface area contributed by atoms with Gasteiger partial charge in [0.1, 0.15) is 0 Å². The van der Waals surface area contributed by atoms with Crippen LogP contribution in [0.15, 0.2) is 47.4 Å². The first kappa shape index (κ1) is 16.3. The average Bonchev–Trinajstić information content (AvgIpc) is 2.46. The highest BCUT2D eigenvalue weighted by molar-refractivity contribution is 7.89. The topological polar surface area (TPSA) is 46.2 Å². The maximum absolute atomic E-state index is 12.2. The van der Waals surface area contributed by atoms with Gasteiger partial charge in [-0.2, -0.15) is 0 Å². The molecule has 2 rings (SSSR count). The van der Waals surface area contributed by atoms with Crippen molar-refractivity contribution in [2.75, 3.05) is 0 Å². The Hall–Kier alpha value is -1.07. The van der Waals surface area contributed by atoms with Crippen LogP contribution in [0.4, 0.5) is 0 Å². The van der Waals surface area contributed by atoms with Crippen molar-refractivity contribution in [3.63, 3.8) is 0 Å². The molecule has 0 saturated heterocycles. The van der Waals surface area contributed by atoms with Crippen LogP contribution in [0.3, 0.4) is 0 Å². The summed E-state index contributed by atoms with van der Waals surface area (Å²) in [5, 5.41) is 0.952. The molecule has 0 aromatic heterocycles. The molecule has 0 fully saturated rings. The fraction of sp³-hybridized carbons (Fsp3) is 0.200. The molecule has 1 N–H and O–H groups in total. The van der Waals surface area contributed by atoms with E-state index in [2.05, 4.69) is 4.72 Å². The van der Waals surface area contributed by atoms with Crippen LogP contribution in [0.1, 0.15) is 18.1 Å². The van der Waals surface area contributed by atoms with Gasteiger partial charge >= 0.3 is 0 Å². The molecule has 0 amide bonds. The Kier molecular flexibility index (Phi) is 5.27. The Bertz CT molecular complexity index is 728. The second-order valence-electron chi connectivity index (χ2n) is 4.56. The van der Waals surface area contributed by atoms with E-state index in [1.807, 2.05) is 19.1 Å². The van der Waals surface area contributed by atoms with E-state index in [1.165, 1.54) is 0 Å². The summed E-state index contributed by atoms with van der Waals surface area (Å²) in [7, 11) is -3.55. The van der Waals surface area contributed by atoms with E-state index >= 15 is 0 Å². The van der Waals surface area contributed by atoms with Crippen molar-refractivity contribution in [3.8, 4) is 0 Å². The van der Waals surface area contributed by atoms with Gasteiger partial charge in [0.2, 0.25) is 10.0 Å². The molecule has 21 heavy (non-hydrogen) atoms. The lowest BCUT2D eigenvalue weighted by Gasteiger charge is -2.09. The van der Waals surface area contributed by atoms with E-state index in [0.717, 1.165) is 12.0 Å². The molecule has 3 nitrogen and oxygen atoms in total. The van der Waals surface area contributed by atoms with Gasteiger partial charge in [-0.05, 0) is 41.8 Å². The SMILES string of the molecule is CCc1ccc(S(=O)(=O)NCc2ccc(Cl)cc2Cl)cc1. The highest BCUT2D eigenvalue weighted by atomic mass is 35.5. The van der Waals surface area contributed by atoms with Crippen LogP contribution in [0, 0.1) is 0 Å². The highest BCUT2D eigenvalue weighted by Crippen LogP contribution is 2.21. The second-order valence-corrected chi connectivity index (χ2v) is 7.17. The summed E-state index contributed by atoms with van der Waals surface area (Å²) < 4.78 is 26.9. The second kappa shape index (κ2) is 6.79. The van der Waals surface area contributed by atoms with Crippen LogP contribution >= 0.6 is 23.2 Å². The molecule has 0 unspecified atom stereocenters. The molecule has 2 aromatic rings. The van der Waals surface area contributed by atoms with Crippen molar-refractivity contribution in [1.82, 2.24) is 4.72 Å². The van der Waals surface area contributed by atoms with Gasteiger partial charge in [-0.15, -0.1) is 0 Å². The van der Waals surface area contributed by atoms with Crippen LogP contribution in [-0.4, -0.2) is 8.42 Å². The quantitative estimate of drug-likeness (QED) is 0.890. The fourth-order valence-electron chi connectivity index (χ4n) is 1.83. The van der Waals surface area contributed by atoms with Gasteiger partial charge in [0.05, 0.1) is 4.90 Å². The Morgan fingerprint density at radius 2 is 1.71 bits per heavy atom. The molecule has 0 radical (unpaired) electrons. The zero-order chi connectivity index (χ0) is 15.5. The molecule has 112 valence electrons. The average molecular weight is 344 g/mol. The van der Waals surface area contributed by atoms with Gasteiger partial charge < -0.3 is 0 Å². The van der Waals surface area contributed by atoms with Gasteiger partial charge in [-0.3, -0.25) is 0 Å². The van der Waals surface area contributed by atoms with Gasteiger partial charge in [-0.1, -0.05) is 48.3 Å². The summed E-state index contributed by atoms with van der Waals surface area (Å²) in [6, 6.07) is 11.8. The Labute approximate surface area is 135 Å². The third-order valence-corrected chi connectivity index (χ3v) is 5.11. The van der Waals surface area contributed by atoms with Crippen molar-refractivity contribution in [1.29, 1.82) is 0 Å². The minimum absolute atomic E-state index is 0.119. The monoisotopic (exact) mass is 343 g/mol. The first-order chi connectivity index (χ1) is 9.92. The molecule has 6 heteroatoms. The summed E-state index contributed by atoms with van der Waals surface area (Å²) in [5.74, 6) is 0. The third-order valence-electron chi connectivity index (χ3n) is 3.11. The maximum atomic E-state index is 12.2. The lowest BCUT2D eigenvalue weighted by molar-refractivity contribution is 0.581. The van der Waals surface area contributed by atoms with Crippen LogP contribution in [-0.2, 0) is 23.0 Å². The number of rotatable bonds is 5. The van der Waals surface area contributed by atoms with Crippen LogP contribution in [0.5, 0.6) is 0 Å². The Balaban J connectivity index is 2.13. The molecular weight excluding hydrogens is 329 g/mol. The standard InChI is InChI=1S/C15H15Cl2NO2S/c1-2-11-3-7-14(8-4-11)21(19,20)18-10-12-5-6-13(16)9-15(12)17/h3-9,18H,2,10H2,1H3. The number of benzene rings is 2. The predicted molar refractivity (Wildman–Crippen MR) is 86.3 cm³/mol. The number of hydrogen-bond donors (Lipinski definition) is 1. The summed E-state index contributed by atoms with van der Waals surface area (Å²) in [6.45, 7) is 2.14. The van der Waals surface area contributed by atoms with Crippen LogP contribution in [0.25, 0.3) is 0 Å². The lowest BCUT2D eigenvalue weighted by atomic mass is 10.2. The van der Waals surface area contributed by atoms with Crippen molar-refractivity contribution in [2.45, 2.75) is 24.8 Å². The molecule has 0 aliphatic rings. The van der Waals surface area contributed by atoms with Crippen molar-refractivity contribution >= 4 is 33.2 Å². The van der Waals surface area contributed by atoms with E-state index in [4.69, 9.17) is 23.2 Å². The van der Waals surface area contributed by atoms with Gasteiger partial charge in [0.15, 0.2) is 0 Å².